The molecular formula is C23H21N5O. The summed E-state index contributed by atoms with van der Waals surface area (Å²) in [6.07, 6.45) is 3.83. The van der Waals surface area contributed by atoms with Crippen molar-refractivity contribution in [1.29, 1.82) is 0 Å². The van der Waals surface area contributed by atoms with Gasteiger partial charge in [0, 0.05) is 31.0 Å². The van der Waals surface area contributed by atoms with E-state index in [0.29, 0.717) is 24.5 Å². The van der Waals surface area contributed by atoms with Crippen molar-refractivity contribution in [3.05, 3.63) is 96.8 Å². The Hall–Kier alpha value is -3.93. The minimum Gasteiger partial charge on any atom is -0.367 e. The largest absolute Gasteiger partial charge is 0.367 e. The summed E-state index contributed by atoms with van der Waals surface area (Å²) in [5.41, 5.74) is 2.86. The zero-order valence-electron chi connectivity index (χ0n) is 15.8. The first-order valence-electron chi connectivity index (χ1n) is 9.44. The second kappa shape index (κ2) is 8.84. The van der Waals surface area contributed by atoms with Gasteiger partial charge < -0.3 is 15.2 Å². The minimum atomic E-state index is -0.0968. The van der Waals surface area contributed by atoms with E-state index in [0.717, 1.165) is 16.9 Å². The highest BCUT2D eigenvalue weighted by Gasteiger charge is 2.05. The molecule has 4 rings (SSSR count). The van der Waals surface area contributed by atoms with Crippen molar-refractivity contribution < 1.29 is 4.79 Å². The third-order valence-corrected chi connectivity index (χ3v) is 4.49. The van der Waals surface area contributed by atoms with E-state index < -0.39 is 0 Å². The summed E-state index contributed by atoms with van der Waals surface area (Å²) in [6, 6.07) is 25.3. The first kappa shape index (κ1) is 18.4. The quantitative estimate of drug-likeness (QED) is 0.477. The average molecular weight is 383 g/mol. The number of amides is 1. The summed E-state index contributed by atoms with van der Waals surface area (Å²) >= 11 is 0. The number of anilines is 1. The van der Waals surface area contributed by atoms with Crippen LogP contribution in [0.4, 0.5) is 5.82 Å². The number of hydrogen-bond donors (Lipinski definition) is 2. The van der Waals surface area contributed by atoms with E-state index in [1.807, 2.05) is 83.7 Å². The lowest BCUT2D eigenvalue weighted by atomic mass is 10.0. The van der Waals surface area contributed by atoms with Crippen LogP contribution in [0.15, 0.2) is 91.3 Å². The van der Waals surface area contributed by atoms with Gasteiger partial charge in [-0.25, -0.2) is 0 Å². The molecule has 0 fully saturated rings. The highest BCUT2D eigenvalue weighted by atomic mass is 16.1. The fourth-order valence-electron chi connectivity index (χ4n) is 2.96. The second-order valence-electron chi connectivity index (χ2n) is 6.49. The van der Waals surface area contributed by atoms with E-state index in [-0.39, 0.29) is 5.91 Å². The summed E-state index contributed by atoms with van der Waals surface area (Å²) in [4.78, 5) is 12.3. The summed E-state index contributed by atoms with van der Waals surface area (Å²) in [5.74, 6) is 1.33. The molecule has 0 aliphatic rings. The molecule has 144 valence electrons. The van der Waals surface area contributed by atoms with Gasteiger partial charge in [0.15, 0.2) is 5.82 Å². The fourth-order valence-corrected chi connectivity index (χ4v) is 2.96. The van der Waals surface area contributed by atoms with Crippen LogP contribution in [-0.4, -0.2) is 33.8 Å². The van der Waals surface area contributed by atoms with Gasteiger partial charge in [-0.05, 0) is 47.5 Å². The molecule has 0 unspecified atom stereocenters. The number of carbonyl (C=O) groups excluding carboxylic acids is 1. The minimum absolute atomic E-state index is 0.0968. The third kappa shape index (κ3) is 4.68. The zero-order chi connectivity index (χ0) is 19.9. The van der Waals surface area contributed by atoms with Crippen molar-refractivity contribution in [3.63, 3.8) is 0 Å². The van der Waals surface area contributed by atoms with E-state index in [1.54, 1.807) is 0 Å². The van der Waals surface area contributed by atoms with Gasteiger partial charge in [-0.15, -0.1) is 10.2 Å². The van der Waals surface area contributed by atoms with Crippen molar-refractivity contribution in [2.45, 2.75) is 0 Å². The molecule has 0 saturated carbocycles. The number of rotatable bonds is 7. The fraction of sp³-hybridized carbons (Fsp3) is 0.0870. The Morgan fingerprint density at radius 3 is 2.17 bits per heavy atom. The predicted molar refractivity (Wildman–Crippen MR) is 114 cm³/mol. The van der Waals surface area contributed by atoms with Gasteiger partial charge in [0.1, 0.15) is 5.82 Å². The van der Waals surface area contributed by atoms with E-state index in [1.165, 1.54) is 0 Å². The molecule has 6 heteroatoms. The molecule has 0 radical (unpaired) electrons. The molecule has 0 spiro atoms. The van der Waals surface area contributed by atoms with E-state index in [2.05, 4.69) is 33.0 Å². The topological polar surface area (TPSA) is 71.8 Å². The molecule has 2 aromatic heterocycles. The van der Waals surface area contributed by atoms with Gasteiger partial charge in [0.2, 0.25) is 0 Å². The van der Waals surface area contributed by atoms with Crippen molar-refractivity contribution in [3.8, 4) is 16.9 Å². The van der Waals surface area contributed by atoms with Gasteiger partial charge in [-0.1, -0.05) is 42.5 Å². The molecule has 2 N–H and O–H groups in total. The van der Waals surface area contributed by atoms with Crippen molar-refractivity contribution >= 4 is 11.7 Å². The number of benzene rings is 2. The average Bonchev–Trinajstić information content (AvgIpc) is 3.33. The number of nitrogens with zero attached hydrogens (tertiary/aromatic N) is 3. The van der Waals surface area contributed by atoms with Crippen LogP contribution in [0.5, 0.6) is 0 Å². The van der Waals surface area contributed by atoms with Gasteiger partial charge in [0.25, 0.3) is 5.91 Å². The van der Waals surface area contributed by atoms with Gasteiger partial charge >= 0.3 is 0 Å². The number of aromatic nitrogens is 3. The standard InChI is InChI=1S/C23H21N5O/c29-23(20-10-8-19(9-11-20)18-6-2-1-3-7-18)25-15-14-24-21-12-13-22(27-26-21)28-16-4-5-17-28/h1-13,16-17H,14-15H2,(H,24,26)(H,25,29). The molecular weight excluding hydrogens is 362 g/mol. The van der Waals surface area contributed by atoms with Gasteiger partial charge in [-0.2, -0.15) is 0 Å². The van der Waals surface area contributed by atoms with Crippen LogP contribution in [0.25, 0.3) is 16.9 Å². The Morgan fingerprint density at radius 2 is 1.48 bits per heavy atom. The predicted octanol–water partition coefficient (Wildman–Crippen LogP) is 3.78. The van der Waals surface area contributed by atoms with E-state index >= 15 is 0 Å². The Morgan fingerprint density at radius 1 is 0.759 bits per heavy atom. The summed E-state index contributed by atoms with van der Waals surface area (Å²) in [5, 5.41) is 14.4. The van der Waals surface area contributed by atoms with Crippen LogP contribution in [0, 0.1) is 0 Å². The number of nitrogens with one attached hydrogen (secondary N) is 2. The van der Waals surface area contributed by atoms with Crippen LogP contribution >= 0.6 is 0 Å². The lowest BCUT2D eigenvalue weighted by molar-refractivity contribution is 0.0955. The number of hydrogen-bond acceptors (Lipinski definition) is 4. The molecule has 6 nitrogen and oxygen atoms in total. The van der Waals surface area contributed by atoms with Crippen molar-refractivity contribution in [2.24, 2.45) is 0 Å². The maximum atomic E-state index is 12.3. The van der Waals surface area contributed by atoms with E-state index in [9.17, 15) is 4.79 Å². The van der Waals surface area contributed by atoms with Crippen LogP contribution in [0.1, 0.15) is 10.4 Å². The molecule has 29 heavy (non-hydrogen) atoms. The summed E-state index contributed by atoms with van der Waals surface area (Å²) < 4.78 is 1.89. The van der Waals surface area contributed by atoms with Crippen molar-refractivity contribution in [1.82, 2.24) is 20.1 Å². The Balaban J connectivity index is 1.25. The Bertz CT molecular complexity index is 1040. The van der Waals surface area contributed by atoms with E-state index in [4.69, 9.17) is 0 Å². The molecule has 0 aliphatic heterocycles. The molecule has 0 atom stereocenters. The molecule has 2 aromatic carbocycles. The molecule has 0 saturated heterocycles. The van der Waals surface area contributed by atoms with Crippen LogP contribution in [-0.2, 0) is 0 Å². The summed E-state index contributed by atoms with van der Waals surface area (Å²) in [7, 11) is 0. The lowest BCUT2D eigenvalue weighted by Gasteiger charge is -2.08. The monoisotopic (exact) mass is 383 g/mol. The zero-order valence-corrected chi connectivity index (χ0v) is 15.8. The van der Waals surface area contributed by atoms with Crippen molar-refractivity contribution in [2.75, 3.05) is 18.4 Å². The first-order chi connectivity index (χ1) is 14.3. The molecule has 0 bridgehead atoms. The second-order valence-corrected chi connectivity index (χ2v) is 6.49. The van der Waals surface area contributed by atoms with Crippen LogP contribution in [0.2, 0.25) is 0 Å². The molecule has 1 amide bonds. The van der Waals surface area contributed by atoms with Gasteiger partial charge in [0.05, 0.1) is 0 Å². The maximum absolute atomic E-state index is 12.3. The Labute approximate surface area is 169 Å². The lowest BCUT2D eigenvalue weighted by Crippen LogP contribution is -2.28. The normalized spacial score (nSPS) is 10.5. The smallest absolute Gasteiger partial charge is 0.251 e. The van der Waals surface area contributed by atoms with Crippen LogP contribution < -0.4 is 10.6 Å². The van der Waals surface area contributed by atoms with Crippen LogP contribution in [0.3, 0.4) is 0 Å². The Kier molecular flexibility index (Phi) is 5.62. The molecule has 0 aliphatic carbocycles. The third-order valence-electron chi connectivity index (χ3n) is 4.49. The maximum Gasteiger partial charge on any atom is 0.251 e. The summed E-state index contributed by atoms with van der Waals surface area (Å²) in [6.45, 7) is 1.05. The highest BCUT2D eigenvalue weighted by Crippen LogP contribution is 2.19. The first-order valence-corrected chi connectivity index (χ1v) is 9.44. The number of carbonyl (C=O) groups is 1. The van der Waals surface area contributed by atoms with Gasteiger partial charge in [-0.3, -0.25) is 4.79 Å². The SMILES string of the molecule is O=C(NCCNc1ccc(-n2cccc2)nn1)c1ccc(-c2ccccc2)cc1. The molecule has 4 aromatic rings. The molecule has 2 heterocycles. The highest BCUT2D eigenvalue weighted by molar-refractivity contribution is 5.94.